The number of hydrogen-bond acceptors (Lipinski definition) is 7. The molecule has 9 nitrogen and oxygen atoms in total. The lowest BCUT2D eigenvalue weighted by atomic mass is 9.86. The number of carbonyl (C=O) groups excluding carboxylic acids is 2. The predicted octanol–water partition coefficient (Wildman–Crippen LogP) is 4.40. The maximum Gasteiger partial charge on any atom is 0.374 e. The van der Waals surface area contributed by atoms with E-state index in [-0.39, 0.29) is 18.4 Å². The van der Waals surface area contributed by atoms with Crippen LogP contribution >= 0.6 is 23.2 Å². The van der Waals surface area contributed by atoms with E-state index in [0.29, 0.717) is 44.1 Å². The number of nitrogens with zero attached hydrogens (tertiary/aromatic N) is 3. The Morgan fingerprint density at radius 3 is 2.38 bits per heavy atom. The molecule has 0 aliphatic heterocycles. The summed E-state index contributed by atoms with van der Waals surface area (Å²) >= 11 is 12.1. The Kier molecular flexibility index (Phi) is 13.4. The Labute approximate surface area is 259 Å². The number of nitrogens with one attached hydrogen (secondary N) is 2. The number of carbonyl (C=O) groups is 2. The first-order valence-corrected chi connectivity index (χ1v) is 15.6. The number of imidazole rings is 1. The fourth-order valence-electron chi connectivity index (χ4n) is 4.98. The fraction of sp³-hybridized carbons (Fsp3) is 0.500. The summed E-state index contributed by atoms with van der Waals surface area (Å²) in [6.45, 7) is 8.81. The molecule has 0 aliphatic carbocycles. The molecule has 0 radical (unpaired) electrons. The van der Waals surface area contributed by atoms with Crippen LogP contribution < -0.4 is 15.4 Å². The molecule has 42 heavy (non-hydrogen) atoms. The third-order valence-corrected chi connectivity index (χ3v) is 7.14. The highest BCUT2D eigenvalue weighted by atomic mass is 35.5. The number of anilines is 1. The fourth-order valence-corrected chi connectivity index (χ4v) is 5.39. The zero-order valence-corrected chi connectivity index (χ0v) is 26.4. The maximum atomic E-state index is 13.4. The molecule has 0 bridgehead atoms. The number of amides is 1. The number of ether oxygens (including phenoxy) is 1. The smallest absolute Gasteiger partial charge is 0.374 e. The van der Waals surface area contributed by atoms with Crippen LogP contribution in [0.3, 0.4) is 0 Å². The molecular formula is C30H42BCl2N5O4. The number of fused-ring (bicyclic) bond motifs is 1. The summed E-state index contributed by atoms with van der Waals surface area (Å²) in [5, 5.41) is 15.9. The van der Waals surface area contributed by atoms with Gasteiger partial charge >= 0.3 is 13.0 Å². The van der Waals surface area contributed by atoms with Crippen LogP contribution in [0.4, 0.5) is 5.69 Å². The SMILES string of the molecule is CCOC(=O)[C@H](CC(C)C)NC(=O)[C@H](CCc1nc2cc(N(CCCl)CCCl)ccc2n1-c1ccccc1)NB(C)O. The third-order valence-electron chi connectivity index (χ3n) is 6.81. The largest absolute Gasteiger partial charge is 0.464 e. The highest BCUT2D eigenvalue weighted by Crippen LogP contribution is 2.27. The van der Waals surface area contributed by atoms with Crippen molar-refractivity contribution in [2.75, 3.05) is 36.4 Å². The minimum Gasteiger partial charge on any atom is -0.464 e. The Morgan fingerprint density at radius 1 is 1.10 bits per heavy atom. The number of rotatable bonds is 17. The minimum atomic E-state index is -0.933. The van der Waals surface area contributed by atoms with E-state index in [0.717, 1.165) is 28.2 Å². The summed E-state index contributed by atoms with van der Waals surface area (Å²) in [5.41, 5.74) is 3.67. The van der Waals surface area contributed by atoms with Crippen LogP contribution in [0.1, 0.15) is 39.4 Å². The van der Waals surface area contributed by atoms with Crippen molar-refractivity contribution in [1.82, 2.24) is 20.1 Å². The summed E-state index contributed by atoms with van der Waals surface area (Å²) in [7, 11) is -0.933. The van der Waals surface area contributed by atoms with Crippen LogP contribution in [-0.4, -0.2) is 77.0 Å². The molecule has 2 atom stereocenters. The van der Waals surface area contributed by atoms with E-state index < -0.39 is 25.1 Å². The van der Waals surface area contributed by atoms with E-state index in [9.17, 15) is 14.6 Å². The van der Waals surface area contributed by atoms with Gasteiger partial charge in [0.1, 0.15) is 11.9 Å². The molecule has 0 fully saturated rings. The highest BCUT2D eigenvalue weighted by Gasteiger charge is 2.29. The predicted molar refractivity (Wildman–Crippen MR) is 172 cm³/mol. The zero-order chi connectivity index (χ0) is 30.6. The molecule has 12 heteroatoms. The number of halogens is 2. The van der Waals surface area contributed by atoms with Crippen molar-refractivity contribution in [3.63, 3.8) is 0 Å². The number of hydrogen-bond donors (Lipinski definition) is 3. The number of alkyl halides is 2. The topological polar surface area (TPSA) is 109 Å². The van der Waals surface area contributed by atoms with Crippen LogP contribution in [0.5, 0.6) is 0 Å². The van der Waals surface area contributed by atoms with Crippen LogP contribution in [0.2, 0.25) is 6.82 Å². The maximum absolute atomic E-state index is 13.4. The van der Waals surface area contributed by atoms with Gasteiger partial charge in [-0.3, -0.25) is 9.36 Å². The molecule has 1 aromatic heterocycles. The second-order valence-electron chi connectivity index (χ2n) is 10.6. The van der Waals surface area contributed by atoms with Crippen molar-refractivity contribution >= 4 is 58.8 Å². The summed E-state index contributed by atoms with van der Waals surface area (Å²) in [6, 6.07) is 14.5. The van der Waals surface area contributed by atoms with E-state index >= 15 is 0 Å². The quantitative estimate of drug-likeness (QED) is 0.117. The number of para-hydroxylation sites is 1. The van der Waals surface area contributed by atoms with E-state index in [1.807, 2.05) is 62.4 Å². The van der Waals surface area contributed by atoms with Gasteiger partial charge in [0.2, 0.25) is 5.91 Å². The van der Waals surface area contributed by atoms with Crippen LogP contribution in [0.15, 0.2) is 48.5 Å². The van der Waals surface area contributed by atoms with Gasteiger partial charge in [0.05, 0.1) is 23.7 Å². The van der Waals surface area contributed by atoms with Gasteiger partial charge < -0.3 is 25.2 Å². The van der Waals surface area contributed by atoms with Crippen LogP contribution in [0, 0.1) is 5.92 Å². The van der Waals surface area contributed by atoms with Gasteiger partial charge in [0, 0.05) is 42.6 Å². The van der Waals surface area contributed by atoms with E-state index in [1.54, 1.807) is 13.7 Å². The summed E-state index contributed by atoms with van der Waals surface area (Å²) in [6.07, 6.45) is 1.21. The number of aryl methyl sites for hydroxylation is 1. The first-order valence-electron chi connectivity index (χ1n) is 14.5. The molecule has 3 N–H and O–H groups in total. The molecule has 2 aromatic carbocycles. The van der Waals surface area contributed by atoms with Gasteiger partial charge in [-0.2, -0.15) is 0 Å². The van der Waals surface area contributed by atoms with Crippen LogP contribution in [-0.2, 0) is 20.7 Å². The zero-order valence-electron chi connectivity index (χ0n) is 24.9. The van der Waals surface area contributed by atoms with Crippen molar-refractivity contribution in [3.05, 3.63) is 54.4 Å². The average molecular weight is 618 g/mol. The molecule has 0 saturated heterocycles. The van der Waals surface area contributed by atoms with Gasteiger partial charge in [-0.15, -0.1) is 23.2 Å². The Bertz CT molecular complexity index is 1290. The lowest BCUT2D eigenvalue weighted by Gasteiger charge is -2.24. The number of esters is 1. The summed E-state index contributed by atoms with van der Waals surface area (Å²) in [4.78, 5) is 33.1. The standard InChI is InChI=1S/C30H42BCl2N5O4/c1-5-42-30(40)26(19-21(2)3)35-29(39)24(36-31(4)41)12-14-28-34-25-20-23(37(17-15-32)18-16-33)11-13-27(25)38(28)22-9-7-6-8-10-22/h6-11,13,20-21,24,26,36,41H,5,12,14-19H2,1-4H3,(H,35,39)/t24-,26-/m0/s1. The van der Waals surface area contributed by atoms with Crippen molar-refractivity contribution in [2.45, 2.75) is 58.9 Å². The molecule has 0 unspecified atom stereocenters. The molecule has 0 spiro atoms. The minimum absolute atomic E-state index is 0.170. The Balaban J connectivity index is 1.93. The second-order valence-corrected chi connectivity index (χ2v) is 11.4. The monoisotopic (exact) mass is 617 g/mol. The Hall–Kier alpha value is -2.79. The van der Waals surface area contributed by atoms with E-state index in [4.69, 9.17) is 32.9 Å². The molecular weight excluding hydrogens is 576 g/mol. The summed E-state index contributed by atoms with van der Waals surface area (Å²) < 4.78 is 7.28. The molecule has 0 saturated carbocycles. The van der Waals surface area contributed by atoms with Gasteiger partial charge in [0.15, 0.2) is 0 Å². The van der Waals surface area contributed by atoms with Gasteiger partial charge in [-0.05, 0) is 62.8 Å². The number of benzene rings is 2. The second kappa shape index (κ2) is 16.7. The molecule has 3 rings (SSSR count). The molecule has 3 aromatic rings. The van der Waals surface area contributed by atoms with Crippen molar-refractivity contribution in [2.24, 2.45) is 5.92 Å². The van der Waals surface area contributed by atoms with Crippen molar-refractivity contribution in [1.29, 1.82) is 0 Å². The van der Waals surface area contributed by atoms with Gasteiger partial charge in [0.25, 0.3) is 0 Å². The van der Waals surface area contributed by atoms with Crippen LogP contribution in [0.25, 0.3) is 16.7 Å². The lowest BCUT2D eigenvalue weighted by Crippen LogP contribution is -2.54. The molecule has 228 valence electrons. The first-order chi connectivity index (χ1) is 20.2. The Morgan fingerprint density at radius 2 is 1.79 bits per heavy atom. The highest BCUT2D eigenvalue weighted by molar-refractivity contribution is 6.46. The summed E-state index contributed by atoms with van der Waals surface area (Å²) in [5.74, 6) is 1.05. The molecule has 1 amide bonds. The van der Waals surface area contributed by atoms with Gasteiger partial charge in [-0.1, -0.05) is 32.0 Å². The average Bonchev–Trinajstić information content (AvgIpc) is 3.32. The van der Waals surface area contributed by atoms with E-state index in [2.05, 4.69) is 20.0 Å². The third kappa shape index (κ3) is 9.36. The lowest BCUT2D eigenvalue weighted by molar-refractivity contribution is -0.148. The normalized spacial score (nSPS) is 12.8. The van der Waals surface area contributed by atoms with Crippen molar-refractivity contribution in [3.8, 4) is 5.69 Å². The van der Waals surface area contributed by atoms with Crippen molar-refractivity contribution < 1.29 is 19.3 Å². The molecule has 1 heterocycles. The first kappa shape index (κ1) is 33.7. The van der Waals surface area contributed by atoms with E-state index in [1.165, 1.54) is 0 Å². The van der Waals surface area contributed by atoms with Gasteiger partial charge in [-0.25, -0.2) is 9.78 Å². The number of aromatic nitrogens is 2. The molecule has 0 aliphatic rings.